The molecule has 0 atom stereocenters. The molecule has 106 valence electrons. The maximum absolute atomic E-state index is 14.1. The SMILES string of the molecule is CC(C)(CO)NCc1ccc(-c2ccncc2)cc1F. The number of aromatic nitrogens is 1. The summed E-state index contributed by atoms with van der Waals surface area (Å²) in [6, 6.07) is 8.88. The van der Waals surface area contributed by atoms with Crippen LogP contribution in [0.5, 0.6) is 0 Å². The zero-order valence-electron chi connectivity index (χ0n) is 11.7. The number of aliphatic hydroxyl groups excluding tert-OH is 1. The Hall–Kier alpha value is -1.78. The van der Waals surface area contributed by atoms with Gasteiger partial charge in [0.2, 0.25) is 0 Å². The quantitative estimate of drug-likeness (QED) is 0.881. The highest BCUT2D eigenvalue weighted by Crippen LogP contribution is 2.21. The third-order valence-electron chi connectivity index (χ3n) is 3.22. The largest absolute Gasteiger partial charge is 0.394 e. The molecule has 0 aliphatic heterocycles. The van der Waals surface area contributed by atoms with Crippen molar-refractivity contribution in [3.05, 3.63) is 54.1 Å². The lowest BCUT2D eigenvalue weighted by molar-refractivity contribution is 0.187. The highest BCUT2D eigenvalue weighted by Gasteiger charge is 2.16. The van der Waals surface area contributed by atoms with E-state index >= 15 is 0 Å². The number of halogens is 1. The maximum atomic E-state index is 14.1. The van der Waals surface area contributed by atoms with E-state index < -0.39 is 5.54 Å². The number of nitrogens with zero attached hydrogens (tertiary/aromatic N) is 1. The summed E-state index contributed by atoms with van der Waals surface area (Å²) in [5.74, 6) is -0.249. The molecule has 0 spiro atoms. The second-order valence-corrected chi connectivity index (χ2v) is 5.44. The fourth-order valence-electron chi connectivity index (χ4n) is 1.81. The third kappa shape index (κ3) is 3.62. The zero-order valence-corrected chi connectivity index (χ0v) is 11.7. The molecule has 0 bridgehead atoms. The number of aliphatic hydroxyl groups is 1. The molecule has 2 N–H and O–H groups in total. The molecule has 0 saturated heterocycles. The Morgan fingerprint density at radius 2 is 1.85 bits per heavy atom. The van der Waals surface area contributed by atoms with Crippen molar-refractivity contribution in [1.29, 1.82) is 0 Å². The Kier molecular flexibility index (Phi) is 4.47. The lowest BCUT2D eigenvalue weighted by Gasteiger charge is -2.23. The average Bonchev–Trinajstić information content (AvgIpc) is 2.47. The Bertz CT molecular complexity index is 570. The molecule has 0 saturated carbocycles. The van der Waals surface area contributed by atoms with Crippen molar-refractivity contribution >= 4 is 0 Å². The molecule has 0 aliphatic rings. The van der Waals surface area contributed by atoms with Crippen molar-refractivity contribution in [3.8, 4) is 11.1 Å². The molecule has 0 aliphatic carbocycles. The lowest BCUT2D eigenvalue weighted by atomic mass is 10.0. The van der Waals surface area contributed by atoms with Crippen LogP contribution in [-0.2, 0) is 6.54 Å². The Labute approximate surface area is 118 Å². The van der Waals surface area contributed by atoms with Gasteiger partial charge in [0.25, 0.3) is 0 Å². The van der Waals surface area contributed by atoms with Gasteiger partial charge < -0.3 is 10.4 Å². The molecule has 2 aromatic rings. The fraction of sp³-hybridized carbons (Fsp3) is 0.312. The summed E-state index contributed by atoms with van der Waals surface area (Å²) in [7, 11) is 0. The Morgan fingerprint density at radius 1 is 1.15 bits per heavy atom. The fourth-order valence-corrected chi connectivity index (χ4v) is 1.81. The van der Waals surface area contributed by atoms with Gasteiger partial charge in [-0.2, -0.15) is 0 Å². The molecule has 0 fully saturated rings. The molecule has 3 nitrogen and oxygen atoms in total. The minimum atomic E-state index is -0.420. The van der Waals surface area contributed by atoms with E-state index in [4.69, 9.17) is 0 Å². The first-order valence-corrected chi connectivity index (χ1v) is 6.56. The van der Waals surface area contributed by atoms with Crippen molar-refractivity contribution < 1.29 is 9.50 Å². The number of pyridine rings is 1. The van der Waals surface area contributed by atoms with Crippen molar-refractivity contribution in [2.45, 2.75) is 25.9 Å². The van der Waals surface area contributed by atoms with E-state index in [0.717, 1.165) is 11.1 Å². The summed E-state index contributed by atoms with van der Waals surface area (Å²) in [6.45, 7) is 4.13. The number of benzene rings is 1. The number of rotatable bonds is 5. The van der Waals surface area contributed by atoms with Gasteiger partial charge in [-0.15, -0.1) is 0 Å². The first kappa shape index (κ1) is 14.6. The van der Waals surface area contributed by atoms with E-state index in [1.807, 2.05) is 32.0 Å². The van der Waals surface area contributed by atoms with Gasteiger partial charge in [-0.25, -0.2) is 4.39 Å². The van der Waals surface area contributed by atoms with Gasteiger partial charge in [0.1, 0.15) is 5.82 Å². The molecule has 1 aromatic heterocycles. The van der Waals surface area contributed by atoms with E-state index in [1.165, 1.54) is 6.07 Å². The van der Waals surface area contributed by atoms with Crippen LogP contribution in [-0.4, -0.2) is 22.2 Å². The second kappa shape index (κ2) is 6.11. The van der Waals surface area contributed by atoms with Crippen LogP contribution >= 0.6 is 0 Å². The summed E-state index contributed by atoms with van der Waals surface area (Å²) in [4.78, 5) is 3.95. The second-order valence-electron chi connectivity index (χ2n) is 5.44. The van der Waals surface area contributed by atoms with E-state index in [1.54, 1.807) is 18.5 Å². The first-order chi connectivity index (χ1) is 9.52. The maximum Gasteiger partial charge on any atom is 0.128 e. The van der Waals surface area contributed by atoms with Crippen molar-refractivity contribution in [3.63, 3.8) is 0 Å². The molecule has 1 heterocycles. The van der Waals surface area contributed by atoms with E-state index in [0.29, 0.717) is 12.1 Å². The van der Waals surface area contributed by atoms with Crippen molar-refractivity contribution in [2.75, 3.05) is 6.61 Å². The van der Waals surface area contributed by atoms with Crippen LogP contribution in [0.4, 0.5) is 4.39 Å². The van der Waals surface area contributed by atoms with E-state index in [2.05, 4.69) is 10.3 Å². The molecular formula is C16H19FN2O. The van der Waals surface area contributed by atoms with Gasteiger partial charge >= 0.3 is 0 Å². The minimum Gasteiger partial charge on any atom is -0.394 e. The first-order valence-electron chi connectivity index (χ1n) is 6.56. The lowest BCUT2D eigenvalue weighted by Crippen LogP contribution is -2.42. The number of nitrogens with one attached hydrogen (secondary N) is 1. The molecular weight excluding hydrogens is 255 g/mol. The van der Waals surface area contributed by atoms with Crippen LogP contribution in [0.15, 0.2) is 42.7 Å². The normalized spacial score (nSPS) is 11.6. The summed E-state index contributed by atoms with van der Waals surface area (Å²) < 4.78 is 14.1. The van der Waals surface area contributed by atoms with Gasteiger partial charge in [0, 0.05) is 30.0 Å². The molecule has 4 heteroatoms. The van der Waals surface area contributed by atoms with Gasteiger partial charge in [-0.05, 0) is 43.2 Å². The molecule has 0 radical (unpaired) electrons. The highest BCUT2D eigenvalue weighted by molar-refractivity contribution is 5.63. The van der Waals surface area contributed by atoms with Crippen LogP contribution in [0.2, 0.25) is 0 Å². The molecule has 1 aromatic carbocycles. The molecule has 2 rings (SSSR count). The number of hydrogen-bond donors (Lipinski definition) is 2. The average molecular weight is 274 g/mol. The molecule has 0 unspecified atom stereocenters. The molecule has 0 amide bonds. The standard InChI is InChI=1S/C16H19FN2O/c1-16(2,11-20)19-10-14-4-3-13(9-15(14)17)12-5-7-18-8-6-12/h3-9,19-20H,10-11H2,1-2H3. The smallest absolute Gasteiger partial charge is 0.128 e. The Morgan fingerprint density at radius 3 is 2.45 bits per heavy atom. The van der Waals surface area contributed by atoms with E-state index in [-0.39, 0.29) is 12.4 Å². The molecule has 20 heavy (non-hydrogen) atoms. The van der Waals surface area contributed by atoms with Crippen LogP contribution in [0.1, 0.15) is 19.4 Å². The van der Waals surface area contributed by atoms with Crippen LogP contribution in [0.3, 0.4) is 0 Å². The summed E-state index contributed by atoms with van der Waals surface area (Å²) in [5.41, 5.74) is 1.93. The summed E-state index contributed by atoms with van der Waals surface area (Å²) >= 11 is 0. The highest BCUT2D eigenvalue weighted by atomic mass is 19.1. The predicted molar refractivity (Wildman–Crippen MR) is 77.6 cm³/mol. The topological polar surface area (TPSA) is 45.1 Å². The van der Waals surface area contributed by atoms with Gasteiger partial charge in [-0.3, -0.25) is 4.98 Å². The van der Waals surface area contributed by atoms with Gasteiger partial charge in [-0.1, -0.05) is 12.1 Å². The van der Waals surface area contributed by atoms with Crippen molar-refractivity contribution in [1.82, 2.24) is 10.3 Å². The minimum absolute atomic E-state index is 0.00369. The summed E-state index contributed by atoms with van der Waals surface area (Å²) in [5, 5.41) is 12.3. The van der Waals surface area contributed by atoms with Gasteiger partial charge in [0.15, 0.2) is 0 Å². The predicted octanol–water partition coefficient (Wildman–Crippen LogP) is 2.75. The third-order valence-corrected chi connectivity index (χ3v) is 3.22. The monoisotopic (exact) mass is 274 g/mol. The summed E-state index contributed by atoms with van der Waals surface area (Å²) in [6.07, 6.45) is 3.37. The Balaban J connectivity index is 2.15. The van der Waals surface area contributed by atoms with Crippen molar-refractivity contribution in [2.24, 2.45) is 0 Å². The van der Waals surface area contributed by atoms with Crippen LogP contribution < -0.4 is 5.32 Å². The zero-order chi connectivity index (χ0) is 14.6. The number of hydrogen-bond acceptors (Lipinski definition) is 3. The van der Waals surface area contributed by atoms with Crippen LogP contribution in [0, 0.1) is 5.82 Å². The van der Waals surface area contributed by atoms with Crippen LogP contribution in [0.25, 0.3) is 11.1 Å². The van der Waals surface area contributed by atoms with E-state index in [9.17, 15) is 9.50 Å². The van der Waals surface area contributed by atoms with Gasteiger partial charge in [0.05, 0.1) is 6.61 Å².